The molecule has 2 saturated heterocycles. The zero-order valence-electron chi connectivity index (χ0n) is 15.9. The zero-order chi connectivity index (χ0) is 18.0. The van der Waals surface area contributed by atoms with Gasteiger partial charge in [-0.2, -0.15) is 0 Å². The SMILES string of the molecule is CO[C@@H](C)c1cccc(NC(=O)N2CC[C@H]3CC[C@@H](C2)N3C(C)C)c1. The van der Waals surface area contributed by atoms with E-state index in [1.54, 1.807) is 7.11 Å². The van der Waals surface area contributed by atoms with Gasteiger partial charge >= 0.3 is 6.03 Å². The summed E-state index contributed by atoms with van der Waals surface area (Å²) in [5.74, 6) is 0. The van der Waals surface area contributed by atoms with E-state index in [0.29, 0.717) is 18.1 Å². The molecule has 2 heterocycles. The number of nitrogens with zero attached hydrogens (tertiary/aromatic N) is 2. The van der Waals surface area contributed by atoms with E-state index >= 15 is 0 Å². The molecule has 25 heavy (non-hydrogen) atoms. The van der Waals surface area contributed by atoms with E-state index in [-0.39, 0.29) is 12.1 Å². The fraction of sp³-hybridized carbons (Fsp3) is 0.650. The largest absolute Gasteiger partial charge is 0.377 e. The highest BCUT2D eigenvalue weighted by atomic mass is 16.5. The molecule has 138 valence electrons. The van der Waals surface area contributed by atoms with Crippen molar-refractivity contribution in [2.24, 2.45) is 0 Å². The van der Waals surface area contributed by atoms with Crippen molar-refractivity contribution in [2.45, 2.75) is 64.3 Å². The first-order valence-corrected chi connectivity index (χ1v) is 9.45. The van der Waals surface area contributed by atoms with E-state index in [1.807, 2.05) is 36.1 Å². The number of carbonyl (C=O) groups excluding carboxylic acids is 1. The molecule has 0 saturated carbocycles. The van der Waals surface area contributed by atoms with E-state index < -0.39 is 0 Å². The van der Waals surface area contributed by atoms with Crippen molar-refractivity contribution in [2.75, 3.05) is 25.5 Å². The Balaban J connectivity index is 1.66. The summed E-state index contributed by atoms with van der Waals surface area (Å²) >= 11 is 0. The van der Waals surface area contributed by atoms with Crippen LogP contribution in [0.4, 0.5) is 10.5 Å². The molecule has 2 bridgehead atoms. The molecule has 5 nitrogen and oxygen atoms in total. The molecule has 2 aliphatic heterocycles. The number of amides is 2. The molecule has 1 N–H and O–H groups in total. The fourth-order valence-electron chi connectivity index (χ4n) is 4.35. The van der Waals surface area contributed by atoms with Gasteiger partial charge in [-0.05, 0) is 57.7 Å². The molecule has 0 aliphatic carbocycles. The third kappa shape index (κ3) is 3.98. The summed E-state index contributed by atoms with van der Waals surface area (Å²) in [5.41, 5.74) is 1.91. The number of ether oxygens (including phenoxy) is 1. The summed E-state index contributed by atoms with van der Waals surface area (Å²) in [6, 6.07) is 9.61. The molecular weight excluding hydrogens is 314 g/mol. The van der Waals surface area contributed by atoms with Crippen LogP contribution < -0.4 is 5.32 Å². The Bertz CT molecular complexity index is 604. The number of nitrogens with one attached hydrogen (secondary N) is 1. The highest BCUT2D eigenvalue weighted by Gasteiger charge is 2.39. The van der Waals surface area contributed by atoms with Gasteiger partial charge in [-0.1, -0.05) is 12.1 Å². The lowest BCUT2D eigenvalue weighted by molar-refractivity contribution is 0.119. The van der Waals surface area contributed by atoms with Gasteiger partial charge in [-0.25, -0.2) is 4.79 Å². The van der Waals surface area contributed by atoms with Crippen molar-refractivity contribution in [1.82, 2.24) is 9.80 Å². The molecule has 2 fully saturated rings. The Hall–Kier alpha value is -1.59. The lowest BCUT2D eigenvalue weighted by Gasteiger charge is -2.32. The second kappa shape index (κ2) is 7.75. The van der Waals surface area contributed by atoms with Gasteiger partial charge in [0.05, 0.1) is 6.10 Å². The van der Waals surface area contributed by atoms with Crippen LogP contribution in [-0.2, 0) is 4.74 Å². The molecule has 1 aromatic carbocycles. The molecule has 0 aromatic heterocycles. The van der Waals surface area contributed by atoms with Crippen LogP contribution in [-0.4, -0.2) is 54.2 Å². The summed E-state index contributed by atoms with van der Waals surface area (Å²) in [5, 5.41) is 3.08. The van der Waals surface area contributed by atoms with Crippen LogP contribution in [0.5, 0.6) is 0 Å². The van der Waals surface area contributed by atoms with Crippen molar-refractivity contribution in [3.05, 3.63) is 29.8 Å². The maximum atomic E-state index is 12.8. The van der Waals surface area contributed by atoms with E-state index in [4.69, 9.17) is 4.74 Å². The lowest BCUT2D eigenvalue weighted by Crippen LogP contribution is -2.45. The monoisotopic (exact) mass is 345 g/mol. The quantitative estimate of drug-likeness (QED) is 0.901. The van der Waals surface area contributed by atoms with Crippen LogP contribution in [0.15, 0.2) is 24.3 Å². The number of hydrogen-bond acceptors (Lipinski definition) is 3. The predicted octanol–water partition coefficient (Wildman–Crippen LogP) is 3.87. The van der Waals surface area contributed by atoms with E-state index in [2.05, 4.69) is 24.1 Å². The minimum absolute atomic E-state index is 0.0125. The molecular formula is C20H31N3O2. The number of methoxy groups -OCH3 is 1. The minimum Gasteiger partial charge on any atom is -0.377 e. The maximum absolute atomic E-state index is 12.8. The molecule has 1 aromatic rings. The first-order valence-electron chi connectivity index (χ1n) is 9.45. The average Bonchev–Trinajstić information content (AvgIpc) is 2.88. The Labute approximate surface area is 151 Å². The van der Waals surface area contributed by atoms with Gasteiger partial charge in [0, 0.05) is 44.0 Å². The standard InChI is InChI=1S/C20H31N3O2/c1-14(2)23-18-8-9-19(23)13-22(11-10-18)20(24)21-17-7-5-6-16(12-17)15(3)25-4/h5-7,12,14-15,18-19H,8-11,13H2,1-4H3,(H,21,24)/t15-,18+,19-/m0/s1. The topological polar surface area (TPSA) is 44.8 Å². The van der Waals surface area contributed by atoms with Crippen LogP contribution in [0.2, 0.25) is 0 Å². The number of benzene rings is 1. The number of urea groups is 1. The van der Waals surface area contributed by atoms with Gasteiger partial charge in [0.15, 0.2) is 0 Å². The predicted molar refractivity (Wildman–Crippen MR) is 101 cm³/mol. The summed E-state index contributed by atoms with van der Waals surface area (Å²) in [6.07, 6.45) is 3.57. The number of likely N-dealkylation sites (tertiary alicyclic amines) is 1. The van der Waals surface area contributed by atoms with Crippen LogP contribution in [0, 0.1) is 0 Å². The van der Waals surface area contributed by atoms with Crippen molar-refractivity contribution >= 4 is 11.7 Å². The van der Waals surface area contributed by atoms with Crippen LogP contribution >= 0.6 is 0 Å². The molecule has 0 unspecified atom stereocenters. The van der Waals surface area contributed by atoms with Gasteiger partial charge in [-0.3, -0.25) is 4.90 Å². The van der Waals surface area contributed by atoms with Crippen molar-refractivity contribution in [1.29, 1.82) is 0 Å². The number of fused-ring (bicyclic) bond motifs is 2. The molecule has 3 rings (SSSR count). The Morgan fingerprint density at radius 3 is 2.68 bits per heavy atom. The first kappa shape index (κ1) is 18.2. The van der Waals surface area contributed by atoms with Crippen LogP contribution in [0.25, 0.3) is 0 Å². The van der Waals surface area contributed by atoms with Crippen molar-refractivity contribution < 1.29 is 9.53 Å². The van der Waals surface area contributed by atoms with E-state index in [0.717, 1.165) is 30.8 Å². The smallest absolute Gasteiger partial charge is 0.321 e. The molecule has 0 radical (unpaired) electrons. The highest BCUT2D eigenvalue weighted by molar-refractivity contribution is 5.89. The third-order valence-corrected chi connectivity index (χ3v) is 5.68. The maximum Gasteiger partial charge on any atom is 0.321 e. The number of rotatable bonds is 4. The molecule has 3 atom stereocenters. The Kier molecular flexibility index (Phi) is 5.64. The number of anilines is 1. The van der Waals surface area contributed by atoms with Crippen LogP contribution in [0.1, 0.15) is 51.7 Å². The summed E-state index contributed by atoms with van der Waals surface area (Å²) < 4.78 is 5.37. The van der Waals surface area contributed by atoms with Crippen LogP contribution in [0.3, 0.4) is 0 Å². The minimum atomic E-state index is 0.0125. The van der Waals surface area contributed by atoms with E-state index in [1.165, 1.54) is 12.8 Å². The lowest BCUT2D eigenvalue weighted by atomic mass is 10.1. The Morgan fingerprint density at radius 1 is 1.20 bits per heavy atom. The van der Waals surface area contributed by atoms with Gasteiger partial charge < -0.3 is 15.0 Å². The fourth-order valence-corrected chi connectivity index (χ4v) is 4.35. The molecule has 2 aliphatic rings. The number of hydrogen-bond donors (Lipinski definition) is 1. The summed E-state index contributed by atoms with van der Waals surface area (Å²) in [4.78, 5) is 17.4. The second-order valence-corrected chi connectivity index (χ2v) is 7.59. The highest BCUT2D eigenvalue weighted by Crippen LogP contribution is 2.32. The van der Waals surface area contributed by atoms with E-state index in [9.17, 15) is 4.79 Å². The second-order valence-electron chi connectivity index (χ2n) is 7.59. The normalized spacial score (nSPS) is 25.1. The third-order valence-electron chi connectivity index (χ3n) is 5.68. The molecule has 0 spiro atoms. The van der Waals surface area contributed by atoms with Crippen molar-refractivity contribution in [3.63, 3.8) is 0 Å². The van der Waals surface area contributed by atoms with Gasteiger partial charge in [0.1, 0.15) is 0 Å². The average molecular weight is 345 g/mol. The summed E-state index contributed by atoms with van der Waals surface area (Å²) in [6.45, 7) is 8.21. The molecule has 5 heteroatoms. The number of carbonyl (C=O) groups is 1. The first-order chi connectivity index (χ1) is 12.0. The van der Waals surface area contributed by atoms with Gasteiger partial charge in [0.2, 0.25) is 0 Å². The zero-order valence-corrected chi connectivity index (χ0v) is 15.9. The molecule has 2 amide bonds. The Morgan fingerprint density at radius 2 is 1.96 bits per heavy atom. The summed E-state index contributed by atoms with van der Waals surface area (Å²) in [7, 11) is 1.70. The van der Waals surface area contributed by atoms with Gasteiger partial charge in [0.25, 0.3) is 0 Å². The van der Waals surface area contributed by atoms with Crippen molar-refractivity contribution in [3.8, 4) is 0 Å². The van der Waals surface area contributed by atoms with Gasteiger partial charge in [-0.15, -0.1) is 0 Å².